The molecule has 0 saturated carbocycles. The molecule has 0 bridgehead atoms. The molecule has 0 atom stereocenters. The minimum absolute atomic E-state index is 0.0115. The van der Waals surface area contributed by atoms with Gasteiger partial charge < -0.3 is 5.32 Å². The minimum Gasteiger partial charge on any atom is -0.306 e. The second-order valence-electron chi connectivity index (χ2n) is 4.55. The van der Waals surface area contributed by atoms with Gasteiger partial charge in [-0.3, -0.25) is 0 Å². The van der Waals surface area contributed by atoms with Crippen molar-refractivity contribution in [3.63, 3.8) is 0 Å². The normalized spacial score (nSPS) is 11.8. The lowest BCUT2D eigenvalue weighted by Gasteiger charge is -2.31. The molecular formula is C14H21ClFN. The summed E-state index contributed by atoms with van der Waals surface area (Å²) in [5.41, 5.74) is 2.10. The Labute approximate surface area is 108 Å². The van der Waals surface area contributed by atoms with Gasteiger partial charge in [-0.2, -0.15) is 0 Å². The number of hydrogen-bond acceptors (Lipinski definition) is 1. The van der Waals surface area contributed by atoms with Crippen LogP contribution in [0.25, 0.3) is 0 Å². The molecule has 0 aromatic heterocycles. The summed E-state index contributed by atoms with van der Waals surface area (Å²) >= 11 is 6.03. The molecule has 1 N–H and O–H groups in total. The average molecular weight is 258 g/mol. The first-order valence-corrected chi connectivity index (χ1v) is 6.66. The number of aryl methyl sites for hydroxylation is 1. The molecule has 0 spiro atoms. The highest BCUT2D eigenvalue weighted by atomic mass is 35.5. The monoisotopic (exact) mass is 257 g/mol. The number of rotatable bonds is 6. The molecular weight excluding hydrogens is 237 g/mol. The highest BCUT2D eigenvalue weighted by molar-refractivity contribution is 6.18. The summed E-state index contributed by atoms with van der Waals surface area (Å²) in [5.74, 6) is 0.418. The van der Waals surface area contributed by atoms with Crippen molar-refractivity contribution in [3.8, 4) is 0 Å². The van der Waals surface area contributed by atoms with Gasteiger partial charge in [-0.1, -0.05) is 19.9 Å². The minimum atomic E-state index is -0.180. The molecule has 0 fully saturated rings. The molecule has 0 unspecified atom stereocenters. The van der Waals surface area contributed by atoms with E-state index in [0.717, 1.165) is 30.5 Å². The zero-order valence-electron chi connectivity index (χ0n) is 10.8. The highest BCUT2D eigenvalue weighted by Crippen LogP contribution is 2.19. The standard InChI is InChI=1S/C14H21ClFN/c1-4-14(5-2,10-15)17-9-12-6-7-13(16)8-11(12)3/h6-8,17H,4-5,9-10H2,1-3H3. The fraction of sp³-hybridized carbons (Fsp3) is 0.571. The summed E-state index contributed by atoms with van der Waals surface area (Å²) in [4.78, 5) is 0. The van der Waals surface area contributed by atoms with E-state index in [1.54, 1.807) is 6.07 Å². The van der Waals surface area contributed by atoms with E-state index in [2.05, 4.69) is 19.2 Å². The van der Waals surface area contributed by atoms with Crippen LogP contribution in [0, 0.1) is 12.7 Å². The van der Waals surface area contributed by atoms with E-state index < -0.39 is 0 Å². The Morgan fingerprint density at radius 1 is 1.29 bits per heavy atom. The van der Waals surface area contributed by atoms with Crippen molar-refractivity contribution in [3.05, 3.63) is 35.1 Å². The number of alkyl halides is 1. The lowest BCUT2D eigenvalue weighted by molar-refractivity contribution is 0.334. The van der Waals surface area contributed by atoms with Gasteiger partial charge in [0, 0.05) is 18.0 Å². The van der Waals surface area contributed by atoms with Crippen LogP contribution in [0.2, 0.25) is 0 Å². The van der Waals surface area contributed by atoms with Crippen molar-refractivity contribution in [1.82, 2.24) is 5.32 Å². The van der Waals surface area contributed by atoms with Crippen LogP contribution < -0.4 is 5.32 Å². The predicted molar refractivity (Wildman–Crippen MR) is 72.0 cm³/mol. The number of nitrogens with one attached hydrogen (secondary N) is 1. The van der Waals surface area contributed by atoms with Crippen molar-refractivity contribution >= 4 is 11.6 Å². The molecule has 17 heavy (non-hydrogen) atoms. The first kappa shape index (κ1) is 14.5. The van der Waals surface area contributed by atoms with E-state index in [9.17, 15) is 4.39 Å². The third-order valence-electron chi connectivity index (χ3n) is 3.57. The number of halogens is 2. The summed E-state index contributed by atoms with van der Waals surface area (Å²) in [5, 5.41) is 3.50. The molecule has 1 aromatic rings. The first-order valence-electron chi connectivity index (χ1n) is 6.13. The molecule has 0 saturated heterocycles. The zero-order valence-corrected chi connectivity index (χ0v) is 11.6. The van der Waals surface area contributed by atoms with E-state index in [0.29, 0.717) is 5.88 Å². The molecule has 1 rings (SSSR count). The Kier molecular flexibility index (Phi) is 5.41. The molecule has 0 heterocycles. The Hall–Kier alpha value is -0.600. The maximum atomic E-state index is 13.0. The van der Waals surface area contributed by atoms with Crippen LogP contribution in [0.4, 0.5) is 4.39 Å². The Morgan fingerprint density at radius 2 is 1.94 bits per heavy atom. The van der Waals surface area contributed by atoms with Gasteiger partial charge >= 0.3 is 0 Å². The number of hydrogen-bond donors (Lipinski definition) is 1. The largest absolute Gasteiger partial charge is 0.306 e. The Morgan fingerprint density at radius 3 is 2.41 bits per heavy atom. The molecule has 0 radical (unpaired) electrons. The summed E-state index contributed by atoms with van der Waals surface area (Å²) in [6, 6.07) is 4.91. The van der Waals surface area contributed by atoms with Crippen LogP contribution in [0.5, 0.6) is 0 Å². The van der Waals surface area contributed by atoms with Gasteiger partial charge in [0.05, 0.1) is 0 Å². The lowest BCUT2D eigenvalue weighted by atomic mass is 9.94. The van der Waals surface area contributed by atoms with Gasteiger partial charge in [0.1, 0.15) is 5.82 Å². The molecule has 0 aliphatic carbocycles. The Balaban J connectivity index is 2.72. The third-order valence-corrected chi connectivity index (χ3v) is 4.08. The maximum Gasteiger partial charge on any atom is 0.123 e. The summed E-state index contributed by atoms with van der Waals surface area (Å²) < 4.78 is 13.0. The molecule has 0 amide bonds. The van der Waals surface area contributed by atoms with Gasteiger partial charge in [0.15, 0.2) is 0 Å². The molecule has 0 aliphatic heterocycles. The van der Waals surface area contributed by atoms with E-state index in [-0.39, 0.29) is 11.4 Å². The second kappa shape index (κ2) is 6.36. The molecule has 0 aliphatic rings. The van der Waals surface area contributed by atoms with Crippen molar-refractivity contribution in [1.29, 1.82) is 0 Å². The molecule has 96 valence electrons. The van der Waals surface area contributed by atoms with Gasteiger partial charge in [-0.25, -0.2) is 4.39 Å². The van der Waals surface area contributed by atoms with Gasteiger partial charge in [-0.15, -0.1) is 11.6 Å². The van der Waals surface area contributed by atoms with Crippen molar-refractivity contribution in [2.45, 2.75) is 45.7 Å². The maximum absolute atomic E-state index is 13.0. The topological polar surface area (TPSA) is 12.0 Å². The second-order valence-corrected chi connectivity index (χ2v) is 4.81. The van der Waals surface area contributed by atoms with Crippen LogP contribution in [-0.2, 0) is 6.54 Å². The van der Waals surface area contributed by atoms with Gasteiger partial charge in [-0.05, 0) is 43.0 Å². The molecule has 1 nitrogen and oxygen atoms in total. The van der Waals surface area contributed by atoms with Crippen LogP contribution in [0.3, 0.4) is 0 Å². The van der Waals surface area contributed by atoms with Crippen molar-refractivity contribution in [2.24, 2.45) is 0 Å². The van der Waals surface area contributed by atoms with Crippen molar-refractivity contribution < 1.29 is 4.39 Å². The van der Waals surface area contributed by atoms with Crippen LogP contribution in [-0.4, -0.2) is 11.4 Å². The molecule has 1 aromatic carbocycles. The summed E-state index contributed by atoms with van der Waals surface area (Å²) in [6.45, 7) is 6.94. The smallest absolute Gasteiger partial charge is 0.123 e. The average Bonchev–Trinajstić information content (AvgIpc) is 2.33. The quantitative estimate of drug-likeness (QED) is 0.759. The fourth-order valence-electron chi connectivity index (χ4n) is 1.88. The van der Waals surface area contributed by atoms with Crippen molar-refractivity contribution in [2.75, 3.05) is 5.88 Å². The van der Waals surface area contributed by atoms with Gasteiger partial charge in [0.25, 0.3) is 0 Å². The zero-order chi connectivity index (χ0) is 12.9. The third kappa shape index (κ3) is 3.68. The van der Waals surface area contributed by atoms with Gasteiger partial charge in [0.2, 0.25) is 0 Å². The van der Waals surface area contributed by atoms with E-state index >= 15 is 0 Å². The van der Waals surface area contributed by atoms with E-state index in [4.69, 9.17) is 11.6 Å². The highest BCUT2D eigenvalue weighted by Gasteiger charge is 2.24. The van der Waals surface area contributed by atoms with Crippen LogP contribution >= 0.6 is 11.6 Å². The number of benzene rings is 1. The molecule has 3 heteroatoms. The van der Waals surface area contributed by atoms with Crippen LogP contribution in [0.1, 0.15) is 37.8 Å². The van der Waals surface area contributed by atoms with E-state index in [1.165, 1.54) is 6.07 Å². The Bertz CT molecular complexity index is 353. The van der Waals surface area contributed by atoms with E-state index in [1.807, 2.05) is 13.0 Å². The summed E-state index contributed by atoms with van der Waals surface area (Å²) in [6.07, 6.45) is 1.99. The van der Waals surface area contributed by atoms with Crippen LogP contribution in [0.15, 0.2) is 18.2 Å². The SMILES string of the molecule is CCC(CC)(CCl)NCc1ccc(F)cc1C. The first-order chi connectivity index (χ1) is 8.06. The predicted octanol–water partition coefficient (Wildman–Crippen LogP) is 4.02. The fourth-order valence-corrected chi connectivity index (χ4v) is 2.35. The summed E-state index contributed by atoms with van der Waals surface area (Å²) in [7, 11) is 0. The lowest BCUT2D eigenvalue weighted by Crippen LogP contribution is -2.45.